The molecule has 0 aliphatic heterocycles. The zero-order valence-electron chi connectivity index (χ0n) is 6.96. The van der Waals surface area contributed by atoms with Crippen LogP contribution in [0.15, 0.2) is 24.3 Å². The first kappa shape index (κ1) is 7.99. The molecule has 0 spiro atoms. The van der Waals surface area contributed by atoms with Gasteiger partial charge in [0, 0.05) is 11.1 Å². The van der Waals surface area contributed by atoms with Crippen molar-refractivity contribution in [2.24, 2.45) is 0 Å². The molecule has 0 saturated heterocycles. The highest BCUT2D eigenvalue weighted by molar-refractivity contribution is 7.80. The third-order valence-corrected chi connectivity index (χ3v) is 3.28. The predicted octanol–water partition coefficient (Wildman–Crippen LogP) is 2.23. The molecule has 1 aromatic carbocycles. The van der Waals surface area contributed by atoms with Gasteiger partial charge in [-0.1, -0.05) is 12.1 Å². The molecular formula is C10H13NS. The molecule has 0 aromatic heterocycles. The van der Waals surface area contributed by atoms with Crippen LogP contribution in [0, 0.1) is 0 Å². The molecule has 1 aromatic rings. The van der Waals surface area contributed by atoms with Crippen LogP contribution < -0.4 is 5.73 Å². The van der Waals surface area contributed by atoms with Crippen molar-refractivity contribution >= 4 is 18.3 Å². The third kappa shape index (κ3) is 1.20. The molecule has 1 aliphatic carbocycles. The summed E-state index contributed by atoms with van der Waals surface area (Å²) in [6, 6.07) is 8.19. The van der Waals surface area contributed by atoms with E-state index >= 15 is 0 Å². The minimum Gasteiger partial charge on any atom is -0.399 e. The summed E-state index contributed by atoms with van der Waals surface area (Å²) < 4.78 is 0. The van der Waals surface area contributed by atoms with E-state index < -0.39 is 0 Å². The molecule has 2 rings (SSSR count). The van der Waals surface area contributed by atoms with Gasteiger partial charge in [-0.2, -0.15) is 12.6 Å². The second-order valence-corrected chi connectivity index (χ2v) is 3.88. The van der Waals surface area contributed by atoms with Crippen LogP contribution in [-0.2, 0) is 5.41 Å². The lowest BCUT2D eigenvalue weighted by Gasteiger charge is -2.11. The maximum Gasteiger partial charge on any atom is 0.0314 e. The molecule has 12 heavy (non-hydrogen) atoms. The summed E-state index contributed by atoms with van der Waals surface area (Å²) in [6.45, 7) is 0. The molecular weight excluding hydrogens is 166 g/mol. The molecule has 0 atom stereocenters. The maximum absolute atomic E-state index is 5.61. The smallest absolute Gasteiger partial charge is 0.0314 e. The van der Waals surface area contributed by atoms with Crippen molar-refractivity contribution in [1.29, 1.82) is 0 Å². The van der Waals surface area contributed by atoms with E-state index in [1.807, 2.05) is 12.1 Å². The van der Waals surface area contributed by atoms with Crippen LogP contribution in [0.1, 0.15) is 18.4 Å². The van der Waals surface area contributed by atoms with E-state index in [-0.39, 0.29) is 0 Å². The van der Waals surface area contributed by atoms with E-state index in [1.165, 1.54) is 18.4 Å². The minimum atomic E-state index is 0.386. The summed E-state index contributed by atoms with van der Waals surface area (Å²) >= 11 is 4.37. The number of hydrogen-bond donors (Lipinski definition) is 2. The lowest BCUT2D eigenvalue weighted by atomic mass is 9.98. The number of thiol groups is 1. The van der Waals surface area contributed by atoms with Crippen LogP contribution in [0.5, 0.6) is 0 Å². The van der Waals surface area contributed by atoms with Crippen molar-refractivity contribution in [3.63, 3.8) is 0 Å². The fourth-order valence-corrected chi connectivity index (χ4v) is 2.02. The molecule has 2 heteroatoms. The Bertz CT molecular complexity index is 274. The summed E-state index contributed by atoms with van der Waals surface area (Å²) in [5, 5.41) is 0. The van der Waals surface area contributed by atoms with Gasteiger partial charge in [0.25, 0.3) is 0 Å². The topological polar surface area (TPSA) is 26.0 Å². The van der Waals surface area contributed by atoms with Gasteiger partial charge in [-0.25, -0.2) is 0 Å². The van der Waals surface area contributed by atoms with Crippen molar-refractivity contribution in [2.75, 3.05) is 11.5 Å². The monoisotopic (exact) mass is 179 g/mol. The molecule has 0 unspecified atom stereocenters. The number of benzene rings is 1. The van der Waals surface area contributed by atoms with Gasteiger partial charge in [-0.15, -0.1) is 0 Å². The average Bonchev–Trinajstić information content (AvgIpc) is 2.86. The van der Waals surface area contributed by atoms with Crippen LogP contribution >= 0.6 is 12.6 Å². The van der Waals surface area contributed by atoms with Gasteiger partial charge in [0.2, 0.25) is 0 Å². The predicted molar refractivity (Wildman–Crippen MR) is 55.6 cm³/mol. The van der Waals surface area contributed by atoms with Crippen LogP contribution in [0.3, 0.4) is 0 Å². The molecule has 0 amide bonds. The van der Waals surface area contributed by atoms with Gasteiger partial charge < -0.3 is 5.73 Å². The normalized spacial score (nSPS) is 19.1. The van der Waals surface area contributed by atoms with E-state index in [1.54, 1.807) is 0 Å². The number of nitrogen functional groups attached to an aromatic ring is 1. The Labute approximate surface area is 78.4 Å². The number of rotatable bonds is 2. The van der Waals surface area contributed by atoms with Crippen LogP contribution in [0.25, 0.3) is 0 Å². The third-order valence-electron chi connectivity index (χ3n) is 2.68. The van der Waals surface area contributed by atoms with Crippen LogP contribution in [0.4, 0.5) is 5.69 Å². The molecule has 0 radical (unpaired) electrons. The quantitative estimate of drug-likeness (QED) is 0.528. The van der Waals surface area contributed by atoms with Gasteiger partial charge in [-0.05, 0) is 36.3 Å². The van der Waals surface area contributed by atoms with Gasteiger partial charge in [0.1, 0.15) is 0 Å². The first-order valence-electron chi connectivity index (χ1n) is 4.24. The minimum absolute atomic E-state index is 0.386. The van der Waals surface area contributed by atoms with Crippen LogP contribution in [-0.4, -0.2) is 5.75 Å². The van der Waals surface area contributed by atoms with Crippen molar-refractivity contribution in [3.05, 3.63) is 29.8 Å². The van der Waals surface area contributed by atoms with Gasteiger partial charge in [0.15, 0.2) is 0 Å². The van der Waals surface area contributed by atoms with Crippen molar-refractivity contribution in [1.82, 2.24) is 0 Å². The second kappa shape index (κ2) is 2.70. The molecule has 64 valence electrons. The Morgan fingerprint density at radius 2 is 1.83 bits per heavy atom. The molecule has 1 nitrogen and oxygen atoms in total. The van der Waals surface area contributed by atoms with E-state index in [9.17, 15) is 0 Å². The summed E-state index contributed by atoms with van der Waals surface area (Å²) in [7, 11) is 0. The average molecular weight is 179 g/mol. The zero-order valence-corrected chi connectivity index (χ0v) is 7.85. The SMILES string of the molecule is Nc1ccc(C2(CS)CC2)cc1. The van der Waals surface area contributed by atoms with E-state index in [4.69, 9.17) is 5.73 Å². The van der Waals surface area contributed by atoms with E-state index in [0.717, 1.165) is 11.4 Å². The van der Waals surface area contributed by atoms with E-state index in [0.29, 0.717) is 5.41 Å². The number of anilines is 1. The molecule has 0 heterocycles. The summed E-state index contributed by atoms with van der Waals surface area (Å²) in [5.74, 6) is 0.955. The zero-order chi connectivity index (χ0) is 8.60. The van der Waals surface area contributed by atoms with Crippen molar-refractivity contribution in [2.45, 2.75) is 18.3 Å². The Kier molecular flexibility index (Phi) is 1.80. The summed E-state index contributed by atoms with van der Waals surface area (Å²) in [5.41, 5.74) is 8.23. The molecule has 0 bridgehead atoms. The first-order chi connectivity index (χ1) is 5.77. The van der Waals surface area contributed by atoms with E-state index in [2.05, 4.69) is 24.8 Å². The van der Waals surface area contributed by atoms with Gasteiger partial charge in [-0.3, -0.25) is 0 Å². The lowest BCUT2D eigenvalue weighted by Crippen LogP contribution is -2.07. The van der Waals surface area contributed by atoms with Gasteiger partial charge >= 0.3 is 0 Å². The van der Waals surface area contributed by atoms with Crippen molar-refractivity contribution in [3.8, 4) is 0 Å². The standard InChI is InChI=1S/C10H13NS/c11-9-3-1-8(2-4-9)10(7-12)5-6-10/h1-4,12H,5-7,11H2. The molecule has 2 N–H and O–H groups in total. The highest BCUT2D eigenvalue weighted by Gasteiger charge is 2.42. The molecule has 1 saturated carbocycles. The largest absolute Gasteiger partial charge is 0.399 e. The second-order valence-electron chi connectivity index (χ2n) is 3.56. The molecule has 1 aliphatic rings. The highest BCUT2D eigenvalue weighted by Crippen LogP contribution is 2.48. The van der Waals surface area contributed by atoms with Crippen molar-refractivity contribution < 1.29 is 0 Å². The highest BCUT2D eigenvalue weighted by atomic mass is 32.1. The first-order valence-corrected chi connectivity index (χ1v) is 4.87. The maximum atomic E-state index is 5.61. The Morgan fingerprint density at radius 1 is 1.25 bits per heavy atom. The Balaban J connectivity index is 2.29. The fourth-order valence-electron chi connectivity index (χ4n) is 1.53. The lowest BCUT2D eigenvalue weighted by molar-refractivity contribution is 0.806. The summed E-state index contributed by atoms with van der Waals surface area (Å²) in [6.07, 6.45) is 2.56. The van der Waals surface area contributed by atoms with Crippen LogP contribution in [0.2, 0.25) is 0 Å². The summed E-state index contributed by atoms with van der Waals surface area (Å²) in [4.78, 5) is 0. The number of nitrogens with two attached hydrogens (primary N) is 1. The Morgan fingerprint density at radius 3 is 2.25 bits per heavy atom. The number of hydrogen-bond acceptors (Lipinski definition) is 2. The Hall–Kier alpha value is -0.630. The fraction of sp³-hybridized carbons (Fsp3) is 0.400. The van der Waals surface area contributed by atoms with Gasteiger partial charge in [0.05, 0.1) is 0 Å². The molecule has 1 fully saturated rings.